The quantitative estimate of drug-likeness (QED) is 0.403. The minimum Gasteiger partial charge on any atom is -0.493 e. The molecule has 0 saturated heterocycles. The molecule has 4 aromatic rings. The summed E-state index contributed by atoms with van der Waals surface area (Å²) in [6.07, 6.45) is 3.21. The predicted molar refractivity (Wildman–Crippen MR) is 123 cm³/mol. The lowest BCUT2D eigenvalue weighted by atomic mass is 10.0. The number of aliphatic carboxylic acids is 1. The molecule has 3 aromatic heterocycles. The van der Waals surface area contributed by atoms with Crippen molar-refractivity contribution >= 4 is 16.9 Å². The Bertz CT molecular complexity index is 1510. The molecule has 0 radical (unpaired) electrons. The fourth-order valence-corrected chi connectivity index (χ4v) is 5.11. The second-order valence-electron chi connectivity index (χ2n) is 9.22. The standard InChI is InChI=1S/C25H24N4O5/c1-34-21-7-6-15(11-26-21)12-27-18-5-3-2-4-16(18)17-10-19-22(30)29(14-25(8-9-25)23(31)32)24(33)28(19)13-20(17)27/h2-7,11,30H,8-10,12-14H2,1H3,(H,31,32). The van der Waals surface area contributed by atoms with Crippen LogP contribution in [0.3, 0.4) is 0 Å². The Kier molecular flexibility index (Phi) is 4.39. The Hall–Kier alpha value is -4.01. The number of pyridine rings is 1. The molecule has 1 aromatic carbocycles. The third-order valence-electron chi connectivity index (χ3n) is 7.26. The van der Waals surface area contributed by atoms with Crippen LogP contribution in [0.2, 0.25) is 0 Å². The second-order valence-corrected chi connectivity index (χ2v) is 9.22. The van der Waals surface area contributed by atoms with E-state index < -0.39 is 11.4 Å². The van der Waals surface area contributed by atoms with E-state index in [-0.39, 0.29) is 18.1 Å². The summed E-state index contributed by atoms with van der Waals surface area (Å²) in [6, 6.07) is 11.9. The van der Waals surface area contributed by atoms with Crippen molar-refractivity contribution in [2.24, 2.45) is 5.41 Å². The number of hydrogen-bond acceptors (Lipinski definition) is 5. The highest BCUT2D eigenvalue weighted by Crippen LogP contribution is 2.48. The highest BCUT2D eigenvalue weighted by Gasteiger charge is 2.51. The summed E-state index contributed by atoms with van der Waals surface area (Å²) in [7, 11) is 1.58. The van der Waals surface area contributed by atoms with Crippen LogP contribution < -0.4 is 10.4 Å². The first-order valence-corrected chi connectivity index (χ1v) is 11.2. The molecule has 9 nitrogen and oxygen atoms in total. The van der Waals surface area contributed by atoms with E-state index in [2.05, 4.69) is 21.7 Å². The van der Waals surface area contributed by atoms with E-state index in [1.807, 2.05) is 24.3 Å². The Balaban J connectivity index is 1.43. The molecule has 1 fully saturated rings. The maximum atomic E-state index is 13.3. The van der Waals surface area contributed by atoms with Gasteiger partial charge in [-0.15, -0.1) is 0 Å². The Morgan fingerprint density at radius 2 is 1.94 bits per heavy atom. The summed E-state index contributed by atoms with van der Waals surface area (Å²) in [5.41, 5.74) is 3.35. The summed E-state index contributed by atoms with van der Waals surface area (Å²) in [5, 5.41) is 21.6. The van der Waals surface area contributed by atoms with Gasteiger partial charge < -0.3 is 19.5 Å². The highest BCUT2D eigenvalue weighted by atomic mass is 16.5. The average Bonchev–Trinajstić information content (AvgIpc) is 3.55. The van der Waals surface area contributed by atoms with Crippen molar-refractivity contribution < 1.29 is 19.7 Å². The van der Waals surface area contributed by atoms with Gasteiger partial charge in [0.2, 0.25) is 11.8 Å². The molecule has 174 valence electrons. The number of carboxylic acids is 1. The number of rotatable bonds is 6. The summed E-state index contributed by atoms with van der Waals surface area (Å²) in [6.45, 7) is 0.879. The maximum absolute atomic E-state index is 13.3. The van der Waals surface area contributed by atoms with Gasteiger partial charge in [0, 0.05) is 48.4 Å². The van der Waals surface area contributed by atoms with Crippen LogP contribution in [-0.2, 0) is 30.8 Å². The summed E-state index contributed by atoms with van der Waals surface area (Å²) in [5.74, 6) is -0.498. The average molecular weight is 460 g/mol. The third-order valence-corrected chi connectivity index (χ3v) is 7.26. The number of fused-ring (bicyclic) bond motifs is 4. The van der Waals surface area contributed by atoms with E-state index in [1.54, 1.807) is 17.9 Å². The summed E-state index contributed by atoms with van der Waals surface area (Å²) >= 11 is 0. The Morgan fingerprint density at radius 1 is 1.15 bits per heavy atom. The summed E-state index contributed by atoms with van der Waals surface area (Å²) in [4.78, 5) is 29.3. The van der Waals surface area contributed by atoms with Crippen LogP contribution in [-0.4, -0.2) is 42.0 Å². The van der Waals surface area contributed by atoms with Gasteiger partial charge in [-0.05, 0) is 30.0 Å². The molecular weight excluding hydrogens is 436 g/mol. The van der Waals surface area contributed by atoms with Crippen LogP contribution in [0.1, 0.15) is 35.4 Å². The number of carbonyl (C=O) groups is 1. The molecule has 0 unspecified atom stereocenters. The van der Waals surface area contributed by atoms with Crippen molar-refractivity contribution in [3.05, 3.63) is 75.6 Å². The number of para-hydroxylation sites is 1. The number of carboxylic acid groups (broad SMARTS) is 1. The van der Waals surface area contributed by atoms with E-state index in [0.29, 0.717) is 43.9 Å². The molecule has 2 aliphatic rings. The van der Waals surface area contributed by atoms with Gasteiger partial charge in [-0.1, -0.05) is 24.3 Å². The van der Waals surface area contributed by atoms with Gasteiger partial charge in [-0.25, -0.2) is 9.78 Å². The molecule has 0 bridgehead atoms. The van der Waals surface area contributed by atoms with E-state index in [1.165, 1.54) is 4.57 Å². The minimum absolute atomic E-state index is 0.00448. The van der Waals surface area contributed by atoms with Crippen LogP contribution in [0.25, 0.3) is 10.9 Å². The van der Waals surface area contributed by atoms with E-state index >= 15 is 0 Å². The Labute approximate surface area is 194 Å². The molecule has 2 N–H and O–H groups in total. The molecule has 4 heterocycles. The number of ether oxygens (including phenoxy) is 1. The zero-order chi connectivity index (χ0) is 23.6. The van der Waals surface area contributed by atoms with E-state index in [9.17, 15) is 19.8 Å². The van der Waals surface area contributed by atoms with Crippen molar-refractivity contribution in [2.75, 3.05) is 7.11 Å². The minimum atomic E-state index is -0.949. The first-order chi connectivity index (χ1) is 16.4. The van der Waals surface area contributed by atoms with Crippen molar-refractivity contribution in [1.82, 2.24) is 18.7 Å². The second kappa shape index (κ2) is 7.24. The molecule has 0 spiro atoms. The molecule has 0 amide bonds. The van der Waals surface area contributed by atoms with Crippen LogP contribution in [0.4, 0.5) is 0 Å². The lowest BCUT2D eigenvalue weighted by Gasteiger charge is -2.18. The van der Waals surface area contributed by atoms with E-state index in [0.717, 1.165) is 27.7 Å². The van der Waals surface area contributed by atoms with Crippen molar-refractivity contribution in [1.29, 1.82) is 0 Å². The Morgan fingerprint density at radius 3 is 2.62 bits per heavy atom. The zero-order valence-electron chi connectivity index (χ0n) is 18.7. The first-order valence-electron chi connectivity index (χ1n) is 11.2. The topological polar surface area (TPSA) is 112 Å². The molecular formula is C25H24N4O5. The molecule has 0 atom stereocenters. The smallest absolute Gasteiger partial charge is 0.331 e. The zero-order valence-corrected chi connectivity index (χ0v) is 18.7. The van der Waals surface area contributed by atoms with Gasteiger partial charge in [0.05, 0.1) is 24.8 Å². The molecule has 34 heavy (non-hydrogen) atoms. The van der Waals surface area contributed by atoms with Gasteiger partial charge in [-0.3, -0.25) is 13.9 Å². The highest BCUT2D eigenvalue weighted by molar-refractivity contribution is 5.86. The van der Waals surface area contributed by atoms with Crippen LogP contribution in [0.5, 0.6) is 11.8 Å². The molecule has 1 aliphatic carbocycles. The largest absolute Gasteiger partial charge is 0.493 e. The molecule has 9 heteroatoms. The molecule has 6 rings (SSSR count). The van der Waals surface area contributed by atoms with Crippen molar-refractivity contribution in [3.63, 3.8) is 0 Å². The van der Waals surface area contributed by atoms with Gasteiger partial charge in [-0.2, -0.15) is 0 Å². The number of aromatic hydroxyl groups is 1. The first kappa shape index (κ1) is 20.6. The van der Waals surface area contributed by atoms with Crippen molar-refractivity contribution in [2.45, 2.75) is 38.9 Å². The number of aromatic nitrogens is 4. The number of hydrogen-bond donors (Lipinski definition) is 2. The number of methoxy groups -OCH3 is 1. The van der Waals surface area contributed by atoms with Crippen LogP contribution >= 0.6 is 0 Å². The van der Waals surface area contributed by atoms with Crippen LogP contribution in [0.15, 0.2) is 47.4 Å². The lowest BCUT2D eigenvalue weighted by Crippen LogP contribution is -2.32. The molecule has 1 aliphatic heterocycles. The third kappa shape index (κ3) is 2.96. The normalized spacial score (nSPS) is 15.7. The lowest BCUT2D eigenvalue weighted by molar-refractivity contribution is -0.143. The van der Waals surface area contributed by atoms with Gasteiger partial charge in [0.15, 0.2) is 0 Å². The number of imidazole rings is 1. The van der Waals surface area contributed by atoms with Gasteiger partial charge in [0.1, 0.15) is 0 Å². The van der Waals surface area contributed by atoms with Crippen molar-refractivity contribution in [3.8, 4) is 11.8 Å². The van der Waals surface area contributed by atoms with Crippen LogP contribution in [0, 0.1) is 5.41 Å². The number of nitrogens with zero attached hydrogens (tertiary/aromatic N) is 4. The SMILES string of the molecule is COc1ccc(Cn2c3c(c4ccccc42)Cc2c(O)n(CC4(C(=O)O)CC4)c(=O)n2C3)cn1. The van der Waals surface area contributed by atoms with E-state index in [4.69, 9.17) is 4.74 Å². The summed E-state index contributed by atoms with van der Waals surface area (Å²) < 4.78 is 10.2. The predicted octanol–water partition coefficient (Wildman–Crippen LogP) is 2.58. The monoisotopic (exact) mass is 460 g/mol. The van der Waals surface area contributed by atoms with Gasteiger partial charge >= 0.3 is 11.7 Å². The number of benzene rings is 1. The van der Waals surface area contributed by atoms with Gasteiger partial charge in [0.25, 0.3) is 0 Å². The molecule has 1 saturated carbocycles. The maximum Gasteiger partial charge on any atom is 0.331 e. The fraction of sp³-hybridized carbons (Fsp3) is 0.320. The fourth-order valence-electron chi connectivity index (χ4n) is 5.11.